The zero-order valence-electron chi connectivity index (χ0n) is 9.94. The van der Waals surface area contributed by atoms with Crippen molar-refractivity contribution in [2.75, 3.05) is 19.8 Å². The number of likely N-dealkylation sites (N-methyl/N-ethyl adjacent to an activating group) is 1. The van der Waals surface area contributed by atoms with Crippen molar-refractivity contribution in [2.45, 2.75) is 19.4 Å². The van der Waals surface area contributed by atoms with E-state index in [9.17, 15) is 4.79 Å². The molecule has 0 spiro atoms. The molecule has 1 fully saturated rings. The summed E-state index contributed by atoms with van der Waals surface area (Å²) in [6.07, 6.45) is 0.685. The predicted molar refractivity (Wildman–Crippen MR) is 64.1 cm³/mol. The maximum atomic E-state index is 11.4. The Morgan fingerprint density at radius 3 is 2.76 bits per heavy atom. The van der Waals surface area contributed by atoms with Gasteiger partial charge in [-0.15, -0.1) is 0 Å². The van der Waals surface area contributed by atoms with Crippen molar-refractivity contribution in [3.63, 3.8) is 0 Å². The molecule has 0 bridgehead atoms. The van der Waals surface area contributed by atoms with E-state index in [2.05, 4.69) is 5.32 Å². The molecule has 0 aromatic heterocycles. The fourth-order valence-electron chi connectivity index (χ4n) is 1.50. The monoisotopic (exact) mass is 235 g/mol. The van der Waals surface area contributed by atoms with Crippen LogP contribution in [0.1, 0.15) is 12.5 Å². The second-order valence-corrected chi connectivity index (χ2v) is 4.04. The topological polar surface area (TPSA) is 50.9 Å². The van der Waals surface area contributed by atoms with Gasteiger partial charge in [-0.05, 0) is 24.6 Å². The third-order valence-corrected chi connectivity index (χ3v) is 2.50. The first kappa shape index (κ1) is 11.9. The molecule has 0 saturated carbocycles. The summed E-state index contributed by atoms with van der Waals surface area (Å²) < 4.78 is 10.6. The molecule has 17 heavy (non-hydrogen) atoms. The maximum Gasteiger partial charge on any atom is 0.224 e. The van der Waals surface area contributed by atoms with Crippen molar-refractivity contribution in [1.29, 1.82) is 0 Å². The van der Waals surface area contributed by atoms with Crippen molar-refractivity contribution in [1.82, 2.24) is 5.32 Å². The highest BCUT2D eigenvalue weighted by molar-refractivity contribution is 5.78. The largest absolute Gasteiger partial charge is 0.491 e. The maximum absolute atomic E-state index is 11.4. The molecule has 0 radical (unpaired) electrons. The SMILES string of the molecule is CCNC(=O)Cc1ccc(OCC2CO2)cc1. The first-order valence-corrected chi connectivity index (χ1v) is 5.88. The van der Waals surface area contributed by atoms with Crippen molar-refractivity contribution in [3.8, 4) is 5.75 Å². The Morgan fingerprint density at radius 2 is 2.18 bits per heavy atom. The molecule has 1 unspecified atom stereocenters. The minimum absolute atomic E-state index is 0.0487. The van der Waals surface area contributed by atoms with E-state index in [1.807, 2.05) is 31.2 Å². The molecule has 1 aliphatic rings. The van der Waals surface area contributed by atoms with Gasteiger partial charge in [0.15, 0.2) is 0 Å². The molecular formula is C13H17NO3. The number of ether oxygens (including phenoxy) is 2. The number of hydrogen-bond acceptors (Lipinski definition) is 3. The number of hydrogen-bond donors (Lipinski definition) is 1. The summed E-state index contributed by atoms with van der Waals surface area (Å²) >= 11 is 0. The van der Waals surface area contributed by atoms with Crippen LogP contribution >= 0.6 is 0 Å². The highest BCUT2D eigenvalue weighted by Gasteiger charge is 2.22. The van der Waals surface area contributed by atoms with E-state index in [0.29, 0.717) is 19.6 Å². The van der Waals surface area contributed by atoms with Crippen LogP contribution in [0.5, 0.6) is 5.75 Å². The van der Waals surface area contributed by atoms with Crippen molar-refractivity contribution in [3.05, 3.63) is 29.8 Å². The average molecular weight is 235 g/mol. The molecule has 1 saturated heterocycles. The van der Waals surface area contributed by atoms with Crippen LogP contribution < -0.4 is 10.1 Å². The van der Waals surface area contributed by atoms with Crippen molar-refractivity contribution >= 4 is 5.91 Å². The number of carbonyl (C=O) groups excluding carboxylic acids is 1. The molecule has 0 aliphatic carbocycles. The van der Waals surface area contributed by atoms with Gasteiger partial charge in [0.05, 0.1) is 13.0 Å². The van der Waals surface area contributed by atoms with Gasteiger partial charge < -0.3 is 14.8 Å². The fraction of sp³-hybridized carbons (Fsp3) is 0.462. The van der Waals surface area contributed by atoms with E-state index < -0.39 is 0 Å². The Kier molecular flexibility index (Phi) is 3.98. The number of carbonyl (C=O) groups is 1. The summed E-state index contributed by atoms with van der Waals surface area (Å²) in [5.74, 6) is 0.868. The number of benzene rings is 1. The summed E-state index contributed by atoms with van der Waals surface area (Å²) in [6, 6.07) is 7.60. The quantitative estimate of drug-likeness (QED) is 0.752. The average Bonchev–Trinajstić information content (AvgIpc) is 3.12. The Bertz CT molecular complexity index is 371. The molecule has 92 valence electrons. The van der Waals surface area contributed by atoms with E-state index in [4.69, 9.17) is 9.47 Å². The lowest BCUT2D eigenvalue weighted by Gasteiger charge is -2.06. The molecular weight excluding hydrogens is 218 g/mol. The highest BCUT2D eigenvalue weighted by atomic mass is 16.6. The minimum atomic E-state index is 0.0487. The van der Waals surface area contributed by atoms with Gasteiger partial charge in [-0.1, -0.05) is 12.1 Å². The number of rotatable bonds is 6. The van der Waals surface area contributed by atoms with Crippen molar-refractivity contribution < 1.29 is 14.3 Å². The van der Waals surface area contributed by atoms with Gasteiger partial charge in [0.1, 0.15) is 18.5 Å². The second-order valence-electron chi connectivity index (χ2n) is 4.04. The normalized spacial score (nSPS) is 17.6. The van der Waals surface area contributed by atoms with Crippen LogP contribution in [0.2, 0.25) is 0 Å². The van der Waals surface area contributed by atoms with Gasteiger partial charge in [0.25, 0.3) is 0 Å². The van der Waals surface area contributed by atoms with Crippen LogP contribution in [-0.2, 0) is 16.0 Å². The first-order chi connectivity index (χ1) is 8.28. The van der Waals surface area contributed by atoms with Gasteiger partial charge in [-0.25, -0.2) is 0 Å². The lowest BCUT2D eigenvalue weighted by molar-refractivity contribution is -0.120. The summed E-state index contributed by atoms with van der Waals surface area (Å²) in [4.78, 5) is 11.4. The Labute approximate surface area is 101 Å². The highest BCUT2D eigenvalue weighted by Crippen LogP contribution is 2.16. The number of nitrogens with one attached hydrogen (secondary N) is 1. The van der Waals surface area contributed by atoms with Gasteiger partial charge in [-0.3, -0.25) is 4.79 Å². The molecule has 1 heterocycles. The van der Waals surface area contributed by atoms with E-state index in [1.54, 1.807) is 0 Å². The van der Waals surface area contributed by atoms with Crippen LogP contribution in [0.3, 0.4) is 0 Å². The van der Waals surface area contributed by atoms with Crippen LogP contribution in [0.4, 0.5) is 0 Å². The van der Waals surface area contributed by atoms with Gasteiger partial charge in [0.2, 0.25) is 5.91 Å². The first-order valence-electron chi connectivity index (χ1n) is 5.88. The second kappa shape index (κ2) is 5.68. The van der Waals surface area contributed by atoms with E-state index in [-0.39, 0.29) is 12.0 Å². The summed E-state index contributed by atoms with van der Waals surface area (Å²) in [5.41, 5.74) is 0.992. The molecule has 4 nitrogen and oxygen atoms in total. The van der Waals surface area contributed by atoms with Crippen LogP contribution in [0.15, 0.2) is 24.3 Å². The molecule has 1 amide bonds. The molecule has 1 aromatic carbocycles. The molecule has 1 aliphatic heterocycles. The third kappa shape index (κ3) is 4.07. The smallest absolute Gasteiger partial charge is 0.224 e. The van der Waals surface area contributed by atoms with Crippen LogP contribution in [-0.4, -0.2) is 31.8 Å². The zero-order valence-corrected chi connectivity index (χ0v) is 9.94. The zero-order chi connectivity index (χ0) is 12.1. The van der Waals surface area contributed by atoms with Crippen LogP contribution in [0, 0.1) is 0 Å². The number of amides is 1. The Morgan fingerprint density at radius 1 is 1.47 bits per heavy atom. The Hall–Kier alpha value is -1.55. The third-order valence-electron chi connectivity index (χ3n) is 2.50. The van der Waals surface area contributed by atoms with Gasteiger partial charge >= 0.3 is 0 Å². The minimum Gasteiger partial charge on any atom is -0.491 e. The Balaban J connectivity index is 1.81. The molecule has 4 heteroatoms. The summed E-state index contributed by atoms with van der Waals surface area (Å²) in [5, 5.41) is 2.77. The molecule has 1 atom stereocenters. The fourth-order valence-corrected chi connectivity index (χ4v) is 1.50. The lowest BCUT2D eigenvalue weighted by atomic mass is 10.1. The van der Waals surface area contributed by atoms with Gasteiger partial charge in [-0.2, -0.15) is 0 Å². The van der Waals surface area contributed by atoms with E-state index in [1.165, 1.54) is 0 Å². The predicted octanol–water partition coefficient (Wildman–Crippen LogP) is 1.14. The van der Waals surface area contributed by atoms with E-state index >= 15 is 0 Å². The van der Waals surface area contributed by atoms with Crippen LogP contribution in [0.25, 0.3) is 0 Å². The van der Waals surface area contributed by atoms with Crippen molar-refractivity contribution in [2.24, 2.45) is 0 Å². The van der Waals surface area contributed by atoms with Gasteiger partial charge in [0, 0.05) is 6.54 Å². The lowest BCUT2D eigenvalue weighted by Crippen LogP contribution is -2.24. The molecule has 2 rings (SSSR count). The van der Waals surface area contributed by atoms with E-state index in [0.717, 1.165) is 17.9 Å². The summed E-state index contributed by atoms with van der Waals surface area (Å²) in [6.45, 7) is 3.99. The molecule has 1 N–H and O–H groups in total. The summed E-state index contributed by atoms with van der Waals surface area (Å²) in [7, 11) is 0. The number of epoxide rings is 1. The molecule has 1 aromatic rings. The standard InChI is InChI=1S/C13H17NO3/c1-2-14-13(15)7-10-3-5-11(6-4-10)16-8-12-9-17-12/h3-6,12H,2,7-9H2,1H3,(H,14,15).